The summed E-state index contributed by atoms with van der Waals surface area (Å²) < 4.78 is 0. The number of carboxylic acid groups (broad SMARTS) is 2. The number of carboxylic acids is 2. The predicted molar refractivity (Wildman–Crippen MR) is 40.1 cm³/mol. The standard InChI is InChI=1S/C2H2O4.BrH.ClH.2H2O/c3-1(4)2(5)6;;;;/h(H,3,4)(H,5,6);2*1H;2*1H2. The zero-order valence-electron chi connectivity index (χ0n) is 4.53. The summed E-state index contributed by atoms with van der Waals surface area (Å²) in [6, 6.07) is 0. The lowest BCUT2D eigenvalue weighted by Gasteiger charge is -1.72. The van der Waals surface area contributed by atoms with Crippen LogP contribution in [0.25, 0.3) is 0 Å². The van der Waals surface area contributed by atoms with Crippen molar-refractivity contribution in [1.82, 2.24) is 0 Å². The minimum absolute atomic E-state index is 0. The Morgan fingerprint density at radius 3 is 1.00 bits per heavy atom. The smallest absolute Gasteiger partial charge is 0.414 e. The molecule has 66 valence electrons. The van der Waals surface area contributed by atoms with Crippen LogP contribution in [0.1, 0.15) is 0 Å². The van der Waals surface area contributed by atoms with Gasteiger partial charge in [0.25, 0.3) is 0 Å². The minimum Gasteiger partial charge on any atom is -0.473 e. The lowest BCUT2D eigenvalue weighted by atomic mass is 10.7. The molecule has 0 aliphatic rings. The van der Waals surface area contributed by atoms with Gasteiger partial charge in [-0.15, -0.1) is 29.4 Å². The molecule has 6 nitrogen and oxygen atoms in total. The molecule has 0 rings (SSSR count). The van der Waals surface area contributed by atoms with Crippen LogP contribution in [0.15, 0.2) is 0 Å². The van der Waals surface area contributed by atoms with Gasteiger partial charge in [-0.1, -0.05) is 0 Å². The molecule has 8 heteroatoms. The Morgan fingerprint density at radius 1 is 0.900 bits per heavy atom. The topological polar surface area (TPSA) is 138 Å². The first kappa shape index (κ1) is 33.5. The molecule has 6 N–H and O–H groups in total. The van der Waals surface area contributed by atoms with Crippen LogP contribution in [-0.2, 0) is 9.59 Å². The molecule has 0 atom stereocenters. The molecule has 10 heavy (non-hydrogen) atoms. The van der Waals surface area contributed by atoms with Crippen molar-refractivity contribution in [3.63, 3.8) is 0 Å². The first-order valence-corrected chi connectivity index (χ1v) is 1.11. The Morgan fingerprint density at radius 2 is 1.00 bits per heavy atom. The lowest BCUT2D eigenvalue weighted by Crippen LogP contribution is -2.09. The Bertz CT molecular complexity index is 81.7. The molecule has 0 aromatic heterocycles. The first-order valence-electron chi connectivity index (χ1n) is 1.11. The molecule has 0 saturated heterocycles. The van der Waals surface area contributed by atoms with Gasteiger partial charge >= 0.3 is 11.9 Å². The summed E-state index contributed by atoms with van der Waals surface area (Å²) in [4.78, 5) is 18.2. The van der Waals surface area contributed by atoms with Crippen LogP contribution in [0.3, 0.4) is 0 Å². The van der Waals surface area contributed by atoms with Gasteiger partial charge in [0, 0.05) is 0 Å². The molecule has 0 aromatic rings. The van der Waals surface area contributed by atoms with Crippen LogP contribution in [0.5, 0.6) is 0 Å². The quantitative estimate of drug-likeness (QED) is 0.500. The third-order valence-electron chi connectivity index (χ3n) is 0.183. The van der Waals surface area contributed by atoms with Crippen LogP contribution < -0.4 is 0 Å². The summed E-state index contributed by atoms with van der Waals surface area (Å²) in [5.41, 5.74) is 0. The normalized spacial score (nSPS) is 4.40. The largest absolute Gasteiger partial charge is 0.473 e. The van der Waals surface area contributed by atoms with E-state index in [-0.39, 0.29) is 40.3 Å². The molecule has 0 unspecified atom stereocenters. The van der Waals surface area contributed by atoms with Crippen molar-refractivity contribution in [3.8, 4) is 0 Å². The molecule has 0 spiro atoms. The molecule has 0 aromatic carbocycles. The second-order valence-electron chi connectivity index (χ2n) is 0.610. The fourth-order valence-electron chi connectivity index (χ4n) is 0. The van der Waals surface area contributed by atoms with Gasteiger partial charge < -0.3 is 21.2 Å². The maximum absolute atomic E-state index is 9.10. The van der Waals surface area contributed by atoms with Crippen molar-refractivity contribution in [2.75, 3.05) is 0 Å². The highest BCUT2D eigenvalue weighted by Gasteiger charge is 2.04. The van der Waals surface area contributed by atoms with Crippen LogP contribution in [0.2, 0.25) is 0 Å². The van der Waals surface area contributed by atoms with Gasteiger partial charge in [-0.3, -0.25) is 0 Å². The van der Waals surface area contributed by atoms with E-state index >= 15 is 0 Å². The number of hydrogen-bond donors (Lipinski definition) is 2. The summed E-state index contributed by atoms with van der Waals surface area (Å²) in [6.07, 6.45) is 0. The Labute approximate surface area is 72.6 Å². The summed E-state index contributed by atoms with van der Waals surface area (Å²) in [5.74, 6) is -3.65. The third-order valence-corrected chi connectivity index (χ3v) is 0.183. The molecule has 0 radical (unpaired) electrons. The van der Waals surface area contributed by atoms with Gasteiger partial charge in [0.1, 0.15) is 0 Å². The highest BCUT2D eigenvalue weighted by atomic mass is 79.9. The van der Waals surface area contributed by atoms with E-state index in [2.05, 4.69) is 0 Å². The van der Waals surface area contributed by atoms with Crippen molar-refractivity contribution >= 4 is 41.3 Å². The van der Waals surface area contributed by atoms with Crippen molar-refractivity contribution in [1.29, 1.82) is 0 Å². The molecule has 0 amide bonds. The number of carbonyl (C=O) groups is 2. The average Bonchev–Trinajstić information content (AvgIpc) is 1.36. The molecule has 0 fully saturated rings. The summed E-state index contributed by atoms with van der Waals surface area (Å²) in [5, 5.41) is 14.8. The molecular weight excluding hydrogens is 235 g/mol. The van der Waals surface area contributed by atoms with E-state index in [1.807, 2.05) is 0 Å². The van der Waals surface area contributed by atoms with Gasteiger partial charge in [0.15, 0.2) is 0 Å². The van der Waals surface area contributed by atoms with E-state index < -0.39 is 11.9 Å². The van der Waals surface area contributed by atoms with E-state index in [1.165, 1.54) is 0 Å². The predicted octanol–water partition coefficient (Wildman–Crippen LogP) is -1.49. The van der Waals surface area contributed by atoms with E-state index in [4.69, 9.17) is 19.8 Å². The number of aliphatic carboxylic acids is 2. The van der Waals surface area contributed by atoms with E-state index in [0.717, 1.165) is 0 Å². The van der Waals surface area contributed by atoms with E-state index in [1.54, 1.807) is 0 Å². The zero-order valence-corrected chi connectivity index (χ0v) is 7.06. The zero-order chi connectivity index (χ0) is 5.15. The highest BCUT2D eigenvalue weighted by molar-refractivity contribution is 8.93. The molecule has 0 aliphatic carbocycles. The van der Waals surface area contributed by atoms with Crippen molar-refractivity contribution in [2.45, 2.75) is 0 Å². The number of halogens is 2. The second kappa shape index (κ2) is 15.9. The number of rotatable bonds is 0. The van der Waals surface area contributed by atoms with Crippen LogP contribution in [-0.4, -0.2) is 33.1 Å². The second-order valence-corrected chi connectivity index (χ2v) is 0.610. The average molecular weight is 243 g/mol. The minimum atomic E-state index is -1.82. The molecule has 0 aliphatic heterocycles. The van der Waals surface area contributed by atoms with Crippen molar-refractivity contribution in [3.05, 3.63) is 0 Å². The SMILES string of the molecule is Br.Cl.O.O.O=C(O)C(=O)O. The fourth-order valence-corrected chi connectivity index (χ4v) is 0. The summed E-state index contributed by atoms with van der Waals surface area (Å²) >= 11 is 0. The summed E-state index contributed by atoms with van der Waals surface area (Å²) in [7, 11) is 0. The van der Waals surface area contributed by atoms with Gasteiger partial charge in [0.05, 0.1) is 0 Å². The van der Waals surface area contributed by atoms with E-state index in [0.29, 0.717) is 0 Å². The molecule has 0 saturated carbocycles. The van der Waals surface area contributed by atoms with Gasteiger partial charge in [-0.25, -0.2) is 9.59 Å². The van der Waals surface area contributed by atoms with Crippen LogP contribution in [0.4, 0.5) is 0 Å². The molecular formula is C2H8BrClO6. The van der Waals surface area contributed by atoms with E-state index in [9.17, 15) is 0 Å². The number of hydrogen-bond acceptors (Lipinski definition) is 2. The maximum atomic E-state index is 9.10. The fraction of sp³-hybridized carbons (Fsp3) is 0. The van der Waals surface area contributed by atoms with Crippen molar-refractivity contribution < 1.29 is 30.8 Å². The third kappa shape index (κ3) is 25.5. The summed E-state index contributed by atoms with van der Waals surface area (Å²) in [6.45, 7) is 0. The van der Waals surface area contributed by atoms with Gasteiger partial charge in [0.2, 0.25) is 0 Å². The monoisotopic (exact) mass is 242 g/mol. The van der Waals surface area contributed by atoms with Crippen molar-refractivity contribution in [2.24, 2.45) is 0 Å². The Hall–Kier alpha value is -0.370. The highest BCUT2D eigenvalue weighted by Crippen LogP contribution is 1.56. The Kier molecular flexibility index (Phi) is 53.0. The van der Waals surface area contributed by atoms with Gasteiger partial charge in [-0.05, 0) is 0 Å². The first-order chi connectivity index (χ1) is 2.64. The molecule has 0 bridgehead atoms. The molecule has 0 heterocycles. The van der Waals surface area contributed by atoms with Crippen LogP contribution >= 0.6 is 29.4 Å². The van der Waals surface area contributed by atoms with Gasteiger partial charge in [-0.2, -0.15) is 0 Å². The van der Waals surface area contributed by atoms with Crippen LogP contribution in [0, 0.1) is 0 Å². The Balaban J connectivity index is -0.0000000208. The lowest BCUT2D eigenvalue weighted by molar-refractivity contribution is -0.159. The maximum Gasteiger partial charge on any atom is 0.414 e.